The first-order valence-electron chi connectivity index (χ1n) is 6.71. The summed E-state index contributed by atoms with van der Waals surface area (Å²) in [6.45, 7) is 5.44. The number of carbonyl (C=O) groups excluding carboxylic acids is 1. The first-order chi connectivity index (χ1) is 8.31. The van der Waals surface area contributed by atoms with E-state index < -0.39 is 0 Å². The van der Waals surface area contributed by atoms with E-state index in [0.717, 1.165) is 32.1 Å². The van der Waals surface area contributed by atoms with Gasteiger partial charge in [-0.25, -0.2) is 9.78 Å². The topological polar surface area (TPSA) is 44.8 Å². The highest BCUT2D eigenvalue weighted by Crippen LogP contribution is 2.00. The molecule has 0 saturated heterocycles. The summed E-state index contributed by atoms with van der Waals surface area (Å²) in [6.07, 6.45) is 6.92. The average molecular weight is 246 g/mol. The molecule has 0 N–H and O–H groups in total. The number of unbranched alkanes of at least 4 members (excludes halogenated alkanes) is 4. The number of carbonyl (C=O) groups is 1. The summed E-state index contributed by atoms with van der Waals surface area (Å²) >= 11 is 0. The maximum Gasteiger partial charge on any atom is 0.305 e. The lowest BCUT2D eigenvalue weighted by molar-refractivity contribution is -0.298. The molecular weight excluding hydrogens is 220 g/mol. The van der Waals surface area contributed by atoms with Crippen LogP contribution in [-0.4, -0.2) is 25.8 Å². The second-order valence-corrected chi connectivity index (χ2v) is 4.03. The third-order valence-electron chi connectivity index (χ3n) is 2.33. The van der Waals surface area contributed by atoms with E-state index in [4.69, 9.17) is 14.5 Å². The third-order valence-corrected chi connectivity index (χ3v) is 2.33. The molecule has 0 aliphatic rings. The van der Waals surface area contributed by atoms with Crippen LogP contribution in [0.3, 0.4) is 0 Å². The molecular formula is C13H26O4. The van der Waals surface area contributed by atoms with E-state index in [1.807, 2.05) is 0 Å². The van der Waals surface area contributed by atoms with E-state index in [0.29, 0.717) is 19.6 Å². The highest BCUT2D eigenvalue weighted by atomic mass is 17.2. The van der Waals surface area contributed by atoms with Crippen molar-refractivity contribution in [3.8, 4) is 0 Å². The van der Waals surface area contributed by atoms with Crippen LogP contribution < -0.4 is 0 Å². The van der Waals surface area contributed by atoms with Crippen molar-refractivity contribution in [2.45, 2.75) is 58.8 Å². The summed E-state index contributed by atoms with van der Waals surface area (Å²) in [5.74, 6) is -0.145. The van der Waals surface area contributed by atoms with Crippen LogP contribution in [0, 0.1) is 0 Å². The quantitative estimate of drug-likeness (QED) is 0.229. The van der Waals surface area contributed by atoms with Crippen molar-refractivity contribution in [2.24, 2.45) is 0 Å². The fraction of sp³-hybridized carbons (Fsp3) is 0.923. The maximum absolute atomic E-state index is 11.2. The summed E-state index contributed by atoms with van der Waals surface area (Å²) in [5, 5.41) is 0. The van der Waals surface area contributed by atoms with Gasteiger partial charge in [0.05, 0.1) is 6.61 Å². The molecule has 0 fully saturated rings. The molecule has 0 aromatic heterocycles. The van der Waals surface area contributed by atoms with Crippen molar-refractivity contribution in [1.29, 1.82) is 0 Å². The molecule has 0 atom stereocenters. The number of rotatable bonds is 12. The molecule has 4 heteroatoms. The summed E-state index contributed by atoms with van der Waals surface area (Å²) < 4.78 is 4.97. The van der Waals surface area contributed by atoms with Crippen LogP contribution in [0.2, 0.25) is 0 Å². The Labute approximate surface area is 105 Å². The zero-order valence-electron chi connectivity index (χ0n) is 11.2. The smallest absolute Gasteiger partial charge is 0.305 e. The molecule has 4 nitrogen and oxygen atoms in total. The van der Waals surface area contributed by atoms with Crippen LogP contribution in [0.15, 0.2) is 0 Å². The van der Waals surface area contributed by atoms with E-state index >= 15 is 0 Å². The van der Waals surface area contributed by atoms with Crippen LogP contribution in [0.5, 0.6) is 0 Å². The molecule has 0 rings (SSSR count). The zero-order valence-corrected chi connectivity index (χ0v) is 11.2. The minimum absolute atomic E-state index is 0.145. The van der Waals surface area contributed by atoms with E-state index in [2.05, 4.69) is 13.8 Å². The van der Waals surface area contributed by atoms with Crippen LogP contribution in [-0.2, 0) is 19.3 Å². The fourth-order valence-corrected chi connectivity index (χ4v) is 1.31. The lowest BCUT2D eigenvalue weighted by Crippen LogP contribution is -2.11. The fourth-order valence-electron chi connectivity index (χ4n) is 1.31. The molecule has 17 heavy (non-hydrogen) atoms. The number of hydrogen-bond donors (Lipinski definition) is 0. The van der Waals surface area contributed by atoms with Gasteiger partial charge >= 0.3 is 5.97 Å². The zero-order chi connectivity index (χ0) is 12.8. The Morgan fingerprint density at radius 2 is 1.47 bits per heavy atom. The van der Waals surface area contributed by atoms with Gasteiger partial charge in [-0.15, -0.1) is 0 Å². The highest BCUT2D eigenvalue weighted by Gasteiger charge is 2.01. The van der Waals surface area contributed by atoms with Gasteiger partial charge in [-0.2, -0.15) is 0 Å². The van der Waals surface area contributed by atoms with Gasteiger partial charge in [0.25, 0.3) is 0 Å². The van der Waals surface area contributed by atoms with Crippen molar-refractivity contribution >= 4 is 5.97 Å². The van der Waals surface area contributed by atoms with Crippen LogP contribution >= 0.6 is 0 Å². The third kappa shape index (κ3) is 13.3. The molecule has 0 spiro atoms. The summed E-state index contributed by atoms with van der Waals surface area (Å²) in [5.41, 5.74) is 0. The first-order valence-corrected chi connectivity index (χ1v) is 6.71. The van der Waals surface area contributed by atoms with Gasteiger partial charge in [-0.05, 0) is 12.8 Å². The monoisotopic (exact) mass is 246 g/mol. The maximum atomic E-state index is 11.2. The van der Waals surface area contributed by atoms with Gasteiger partial charge in [0.15, 0.2) is 0 Å². The molecule has 0 bridgehead atoms. The molecule has 0 aliphatic carbocycles. The Bertz CT molecular complexity index is 171. The molecule has 0 radical (unpaired) electrons. The molecule has 102 valence electrons. The lowest BCUT2D eigenvalue weighted by Gasteiger charge is -2.05. The average Bonchev–Trinajstić information content (AvgIpc) is 2.33. The standard InChI is InChI=1S/C13H26O4/c1-3-5-7-9-13(14)15-11-12-17-16-10-8-6-4-2/h3-12H2,1-2H3. The van der Waals surface area contributed by atoms with Crippen molar-refractivity contribution in [3.05, 3.63) is 0 Å². The second-order valence-electron chi connectivity index (χ2n) is 4.03. The summed E-state index contributed by atoms with van der Waals surface area (Å²) in [6, 6.07) is 0. The highest BCUT2D eigenvalue weighted by molar-refractivity contribution is 5.69. The predicted molar refractivity (Wildman–Crippen MR) is 66.5 cm³/mol. The second kappa shape index (κ2) is 13.5. The van der Waals surface area contributed by atoms with Crippen molar-refractivity contribution in [3.63, 3.8) is 0 Å². The van der Waals surface area contributed by atoms with Gasteiger partial charge < -0.3 is 4.74 Å². The molecule has 0 aliphatic heterocycles. The van der Waals surface area contributed by atoms with Gasteiger partial charge in [-0.1, -0.05) is 39.5 Å². The van der Waals surface area contributed by atoms with Crippen LogP contribution in [0.1, 0.15) is 58.8 Å². The SMILES string of the molecule is CCCCCOOCCOC(=O)CCCCC. The Morgan fingerprint density at radius 1 is 0.824 bits per heavy atom. The molecule has 0 aromatic carbocycles. The number of ether oxygens (including phenoxy) is 1. The molecule has 0 saturated carbocycles. The van der Waals surface area contributed by atoms with Crippen molar-refractivity contribution < 1.29 is 19.3 Å². The Morgan fingerprint density at radius 3 is 2.18 bits per heavy atom. The van der Waals surface area contributed by atoms with Gasteiger partial charge in [0.1, 0.15) is 13.2 Å². The first kappa shape index (κ1) is 16.4. The van der Waals surface area contributed by atoms with E-state index in [1.54, 1.807) is 0 Å². The summed E-state index contributed by atoms with van der Waals surface area (Å²) in [7, 11) is 0. The Balaban J connectivity index is 3.08. The van der Waals surface area contributed by atoms with Crippen molar-refractivity contribution in [2.75, 3.05) is 19.8 Å². The number of esters is 1. The molecule has 0 amide bonds. The van der Waals surface area contributed by atoms with Crippen LogP contribution in [0.25, 0.3) is 0 Å². The van der Waals surface area contributed by atoms with E-state index in [-0.39, 0.29) is 12.6 Å². The molecule has 0 aromatic rings. The summed E-state index contributed by atoms with van der Waals surface area (Å²) in [4.78, 5) is 21.0. The number of hydrogen-bond acceptors (Lipinski definition) is 4. The van der Waals surface area contributed by atoms with Gasteiger partial charge in [-0.3, -0.25) is 4.79 Å². The molecule has 0 heterocycles. The normalized spacial score (nSPS) is 10.5. The Hall–Kier alpha value is -0.610. The minimum atomic E-state index is -0.145. The van der Waals surface area contributed by atoms with Crippen LogP contribution in [0.4, 0.5) is 0 Å². The predicted octanol–water partition coefficient (Wildman–Crippen LogP) is 3.25. The van der Waals surface area contributed by atoms with Gasteiger partial charge in [0.2, 0.25) is 0 Å². The van der Waals surface area contributed by atoms with E-state index in [9.17, 15) is 4.79 Å². The van der Waals surface area contributed by atoms with E-state index in [1.165, 1.54) is 6.42 Å². The molecule has 0 unspecified atom stereocenters. The Kier molecular flexibility index (Phi) is 13.0. The minimum Gasteiger partial charge on any atom is -0.463 e. The lowest BCUT2D eigenvalue weighted by atomic mass is 10.2. The van der Waals surface area contributed by atoms with Crippen molar-refractivity contribution in [1.82, 2.24) is 0 Å². The van der Waals surface area contributed by atoms with Gasteiger partial charge in [0, 0.05) is 6.42 Å². The largest absolute Gasteiger partial charge is 0.463 e.